The van der Waals surface area contributed by atoms with Crippen molar-refractivity contribution in [3.8, 4) is 27.9 Å². The van der Waals surface area contributed by atoms with Crippen LogP contribution >= 0.6 is 0 Å². The van der Waals surface area contributed by atoms with Crippen LogP contribution in [0.4, 0.5) is 17.1 Å². The lowest BCUT2D eigenvalue weighted by Gasteiger charge is -2.37. The average molecular weight is 729 g/mol. The highest BCUT2D eigenvalue weighted by Crippen LogP contribution is 2.58. The maximum absolute atomic E-state index is 2.47. The van der Waals surface area contributed by atoms with Gasteiger partial charge in [0.1, 0.15) is 0 Å². The zero-order chi connectivity index (χ0) is 37.8. The molecular weight excluding hydrogens is 689 g/mol. The first-order valence-corrected chi connectivity index (χ1v) is 20.0. The Kier molecular flexibility index (Phi) is 7.89. The second kappa shape index (κ2) is 13.5. The van der Waals surface area contributed by atoms with Crippen molar-refractivity contribution in [2.24, 2.45) is 0 Å². The zero-order valence-corrected chi connectivity index (χ0v) is 31.6. The lowest BCUT2D eigenvalue weighted by molar-refractivity contribution is 0.693. The number of hydrogen-bond acceptors (Lipinski definition) is 1. The highest BCUT2D eigenvalue weighted by Gasteiger charge is 2.47. The number of benzene rings is 8. The third-order valence-electron chi connectivity index (χ3n) is 12.2. The van der Waals surface area contributed by atoms with Gasteiger partial charge in [-0.15, -0.1) is 0 Å². The van der Waals surface area contributed by atoms with E-state index in [1.54, 1.807) is 0 Å². The van der Waals surface area contributed by atoms with Crippen LogP contribution in [0.3, 0.4) is 0 Å². The first kappa shape index (κ1) is 33.2. The highest BCUT2D eigenvalue weighted by atomic mass is 15.1. The number of aromatic nitrogens is 1. The van der Waals surface area contributed by atoms with Crippen LogP contribution in [0.15, 0.2) is 224 Å². The summed E-state index contributed by atoms with van der Waals surface area (Å²) >= 11 is 0. The van der Waals surface area contributed by atoms with Gasteiger partial charge in [-0.1, -0.05) is 163 Å². The van der Waals surface area contributed by atoms with Gasteiger partial charge in [0.05, 0.1) is 16.4 Å². The van der Waals surface area contributed by atoms with Crippen molar-refractivity contribution in [1.82, 2.24) is 4.57 Å². The summed E-state index contributed by atoms with van der Waals surface area (Å²) in [5.41, 5.74) is 17.1. The van der Waals surface area contributed by atoms with Crippen molar-refractivity contribution in [3.05, 3.63) is 241 Å². The van der Waals surface area contributed by atoms with Crippen molar-refractivity contribution >= 4 is 38.9 Å². The molecule has 8 aromatic carbocycles. The minimum absolute atomic E-state index is 0.383. The maximum Gasteiger partial charge on any atom is 0.0677 e. The Morgan fingerprint density at radius 1 is 0.456 bits per heavy atom. The first-order chi connectivity index (χ1) is 28.3. The van der Waals surface area contributed by atoms with E-state index in [9.17, 15) is 0 Å². The minimum atomic E-state index is -0.383. The van der Waals surface area contributed by atoms with Crippen LogP contribution in [0.1, 0.15) is 29.5 Å². The van der Waals surface area contributed by atoms with E-state index in [0.717, 1.165) is 35.6 Å². The molecule has 2 aliphatic rings. The fourth-order valence-electron chi connectivity index (χ4n) is 9.68. The van der Waals surface area contributed by atoms with E-state index in [1.807, 2.05) is 0 Å². The van der Waals surface area contributed by atoms with E-state index in [1.165, 1.54) is 66.3 Å². The van der Waals surface area contributed by atoms with Crippen molar-refractivity contribution in [1.29, 1.82) is 0 Å². The summed E-state index contributed by atoms with van der Waals surface area (Å²) in [7, 11) is 0. The summed E-state index contributed by atoms with van der Waals surface area (Å²) in [6, 6.07) is 73.5. The molecule has 0 spiro atoms. The van der Waals surface area contributed by atoms with Gasteiger partial charge in [0.15, 0.2) is 0 Å². The van der Waals surface area contributed by atoms with Crippen LogP contribution in [0.25, 0.3) is 49.7 Å². The molecule has 11 rings (SSSR count). The van der Waals surface area contributed by atoms with Crippen LogP contribution in [0.2, 0.25) is 0 Å². The third-order valence-corrected chi connectivity index (χ3v) is 12.2. The predicted octanol–water partition coefficient (Wildman–Crippen LogP) is 14.5. The number of para-hydroxylation sites is 3. The molecule has 0 amide bonds. The van der Waals surface area contributed by atoms with Crippen molar-refractivity contribution in [2.45, 2.75) is 18.3 Å². The topological polar surface area (TPSA) is 8.17 Å². The summed E-state index contributed by atoms with van der Waals surface area (Å²) in [5.74, 6) is 0. The largest absolute Gasteiger partial charge is 0.310 e. The van der Waals surface area contributed by atoms with Gasteiger partial charge in [-0.2, -0.15) is 0 Å². The van der Waals surface area contributed by atoms with Gasteiger partial charge in [0, 0.05) is 33.5 Å². The second-order valence-corrected chi connectivity index (χ2v) is 15.2. The predicted molar refractivity (Wildman–Crippen MR) is 239 cm³/mol. The van der Waals surface area contributed by atoms with E-state index in [0.29, 0.717) is 0 Å². The highest BCUT2D eigenvalue weighted by molar-refractivity contribution is 6.09. The Labute approximate surface area is 333 Å². The lowest BCUT2D eigenvalue weighted by Crippen LogP contribution is -2.30. The molecule has 57 heavy (non-hydrogen) atoms. The van der Waals surface area contributed by atoms with E-state index >= 15 is 0 Å². The number of nitrogens with zero attached hydrogens (tertiary/aromatic N) is 2. The monoisotopic (exact) mass is 728 g/mol. The molecule has 0 saturated carbocycles. The van der Waals surface area contributed by atoms with Gasteiger partial charge < -0.3 is 9.47 Å². The van der Waals surface area contributed by atoms with Gasteiger partial charge >= 0.3 is 0 Å². The van der Waals surface area contributed by atoms with Gasteiger partial charge in [0.2, 0.25) is 0 Å². The van der Waals surface area contributed by atoms with Gasteiger partial charge in [-0.3, -0.25) is 0 Å². The number of hydrogen-bond donors (Lipinski definition) is 0. The molecule has 2 nitrogen and oxygen atoms in total. The third kappa shape index (κ3) is 5.25. The van der Waals surface area contributed by atoms with Crippen LogP contribution in [0.5, 0.6) is 0 Å². The van der Waals surface area contributed by atoms with Crippen LogP contribution < -0.4 is 4.90 Å². The molecule has 9 aromatic rings. The standard InChI is InChI=1S/C55H40N2/c1-4-16-41(17-5-1)55(42-18-6-2-7-19-42)51-25-13-10-22-47(51)48-37-36-46(38-52(48)55)56(43-20-8-3-9-21-43)44-32-28-39(29-33-44)40-30-34-45(35-31-40)57-53-26-14-11-23-49(53)50-24-12-15-27-54(50)57/h1-6,8-18,20-38H,7,19H2. The van der Waals surface area contributed by atoms with Gasteiger partial charge in [0.25, 0.3) is 0 Å². The smallest absolute Gasteiger partial charge is 0.0677 e. The molecule has 1 atom stereocenters. The SMILES string of the molecule is C1=CCCC(C2(c3ccccc3)c3ccccc3-c3ccc(N(c4ccccc4)c4ccc(-c5ccc(-n6c7ccccc7c7ccccc76)cc5)cc4)cc32)=C1. The lowest BCUT2D eigenvalue weighted by atomic mass is 9.65. The van der Waals surface area contributed by atoms with E-state index < -0.39 is 0 Å². The summed E-state index contributed by atoms with van der Waals surface area (Å²) in [6.45, 7) is 0. The van der Waals surface area contributed by atoms with Crippen LogP contribution in [0, 0.1) is 0 Å². The molecule has 0 radical (unpaired) electrons. The molecule has 2 aliphatic carbocycles. The Bertz CT molecular complexity index is 2930. The van der Waals surface area contributed by atoms with Crippen LogP contribution in [-0.2, 0) is 5.41 Å². The number of rotatable bonds is 7. The number of anilines is 3. The van der Waals surface area contributed by atoms with Crippen molar-refractivity contribution in [2.75, 3.05) is 4.90 Å². The number of allylic oxidation sites excluding steroid dienone is 4. The van der Waals surface area contributed by atoms with E-state index in [-0.39, 0.29) is 5.41 Å². The molecule has 0 N–H and O–H groups in total. The fourth-order valence-corrected chi connectivity index (χ4v) is 9.68. The van der Waals surface area contributed by atoms with Gasteiger partial charge in [-0.25, -0.2) is 0 Å². The minimum Gasteiger partial charge on any atom is -0.310 e. The first-order valence-electron chi connectivity index (χ1n) is 20.0. The Balaban J connectivity index is 1.01. The number of fused-ring (bicyclic) bond motifs is 6. The van der Waals surface area contributed by atoms with Crippen molar-refractivity contribution in [3.63, 3.8) is 0 Å². The average Bonchev–Trinajstić information content (AvgIpc) is 3.78. The fraction of sp³-hybridized carbons (Fsp3) is 0.0545. The summed E-state index contributed by atoms with van der Waals surface area (Å²) in [5, 5.41) is 2.55. The molecule has 1 unspecified atom stereocenters. The Morgan fingerprint density at radius 3 is 1.70 bits per heavy atom. The Hall–Kier alpha value is -7.16. The molecule has 0 aliphatic heterocycles. The maximum atomic E-state index is 2.47. The summed E-state index contributed by atoms with van der Waals surface area (Å²) < 4.78 is 2.37. The summed E-state index contributed by atoms with van der Waals surface area (Å²) in [4.78, 5) is 2.41. The van der Waals surface area contributed by atoms with E-state index in [2.05, 4.69) is 228 Å². The Morgan fingerprint density at radius 2 is 1.02 bits per heavy atom. The molecule has 0 saturated heterocycles. The summed E-state index contributed by atoms with van der Waals surface area (Å²) in [6.07, 6.45) is 8.99. The molecular formula is C55H40N2. The van der Waals surface area contributed by atoms with Gasteiger partial charge in [-0.05, 0) is 112 Å². The molecule has 270 valence electrons. The molecule has 0 fully saturated rings. The molecule has 1 heterocycles. The molecule has 1 aromatic heterocycles. The van der Waals surface area contributed by atoms with E-state index in [4.69, 9.17) is 0 Å². The molecule has 0 bridgehead atoms. The quantitative estimate of drug-likeness (QED) is 0.159. The van der Waals surface area contributed by atoms with Crippen LogP contribution in [-0.4, -0.2) is 4.57 Å². The second-order valence-electron chi connectivity index (χ2n) is 15.2. The van der Waals surface area contributed by atoms with Crippen molar-refractivity contribution < 1.29 is 0 Å². The zero-order valence-electron chi connectivity index (χ0n) is 31.6. The molecule has 2 heteroatoms. The normalized spacial score (nSPS) is 15.7.